The van der Waals surface area contributed by atoms with Gasteiger partial charge >= 0.3 is 0 Å². The topological polar surface area (TPSA) is 92.8 Å². The zero-order valence-corrected chi connectivity index (χ0v) is 17.7. The summed E-state index contributed by atoms with van der Waals surface area (Å²) in [5.41, 5.74) is 3.24. The Kier molecular flexibility index (Phi) is 5.67. The van der Waals surface area contributed by atoms with Crippen molar-refractivity contribution in [1.29, 1.82) is 0 Å². The number of methoxy groups -OCH3 is 1. The number of benzene rings is 2. The van der Waals surface area contributed by atoms with Crippen molar-refractivity contribution in [2.75, 3.05) is 12.4 Å². The average molecular weight is 420 g/mol. The summed E-state index contributed by atoms with van der Waals surface area (Å²) in [5.74, 6) is 2.02. The molecule has 2 heterocycles. The molecule has 7 nitrogen and oxygen atoms in total. The number of anilines is 2. The molecule has 4 rings (SSSR count). The summed E-state index contributed by atoms with van der Waals surface area (Å²) in [6.45, 7) is 3.96. The first-order valence-corrected chi connectivity index (χ1v) is 10.4. The van der Waals surface area contributed by atoms with Crippen LogP contribution in [0.2, 0.25) is 0 Å². The lowest BCUT2D eigenvalue weighted by molar-refractivity contribution is 0.415. The van der Waals surface area contributed by atoms with E-state index in [1.807, 2.05) is 25.1 Å². The molecule has 0 spiro atoms. The van der Waals surface area contributed by atoms with E-state index in [1.54, 1.807) is 18.9 Å². The predicted octanol–water partition coefficient (Wildman–Crippen LogP) is 4.37. The lowest BCUT2D eigenvalue weighted by Gasteiger charge is -2.09. The molecular formula is C22H21N5O2S. The first-order chi connectivity index (χ1) is 14.5. The van der Waals surface area contributed by atoms with E-state index in [0.717, 1.165) is 27.2 Å². The minimum absolute atomic E-state index is 0.228. The molecule has 2 aromatic heterocycles. The number of rotatable bonds is 6. The second kappa shape index (κ2) is 8.54. The van der Waals surface area contributed by atoms with Crippen molar-refractivity contribution in [1.82, 2.24) is 19.9 Å². The summed E-state index contributed by atoms with van der Waals surface area (Å²) in [4.78, 5) is 29.5. The Morgan fingerprint density at radius 2 is 1.83 bits per heavy atom. The van der Waals surface area contributed by atoms with E-state index in [4.69, 9.17) is 4.74 Å². The van der Waals surface area contributed by atoms with Gasteiger partial charge in [0.25, 0.3) is 5.56 Å². The van der Waals surface area contributed by atoms with Gasteiger partial charge < -0.3 is 4.74 Å². The predicted molar refractivity (Wildman–Crippen MR) is 120 cm³/mol. The highest BCUT2D eigenvalue weighted by Gasteiger charge is 2.09. The minimum Gasteiger partial charge on any atom is -0.497 e. The van der Waals surface area contributed by atoms with Gasteiger partial charge in [-0.2, -0.15) is 0 Å². The number of aryl methyl sites for hydroxylation is 2. The first kappa shape index (κ1) is 19.9. The van der Waals surface area contributed by atoms with Crippen LogP contribution in [0.4, 0.5) is 11.9 Å². The van der Waals surface area contributed by atoms with Gasteiger partial charge in [-0.25, -0.2) is 15.0 Å². The molecule has 0 bridgehead atoms. The summed E-state index contributed by atoms with van der Waals surface area (Å²) in [5, 5.41) is 3.93. The first-order valence-electron chi connectivity index (χ1n) is 9.39. The molecule has 2 N–H and O–H groups in total. The van der Waals surface area contributed by atoms with E-state index in [2.05, 4.69) is 56.4 Å². The number of nitrogens with zero attached hydrogens (tertiary/aromatic N) is 3. The zero-order valence-electron chi connectivity index (χ0n) is 16.9. The second-order valence-electron chi connectivity index (χ2n) is 6.83. The Labute approximate surface area is 178 Å². The summed E-state index contributed by atoms with van der Waals surface area (Å²) < 4.78 is 5.27. The molecule has 0 amide bonds. The monoisotopic (exact) mass is 419 g/mol. The van der Waals surface area contributed by atoms with Crippen LogP contribution in [-0.4, -0.2) is 27.0 Å². The Bertz CT molecular complexity index is 1250. The summed E-state index contributed by atoms with van der Waals surface area (Å²) in [7, 11) is 1.62. The van der Waals surface area contributed by atoms with Crippen LogP contribution in [0.5, 0.6) is 5.75 Å². The minimum atomic E-state index is -0.228. The number of aromatic amines is 1. The fourth-order valence-corrected chi connectivity index (χ4v) is 3.77. The van der Waals surface area contributed by atoms with Crippen LogP contribution in [0.1, 0.15) is 17.0 Å². The zero-order chi connectivity index (χ0) is 21.1. The molecule has 152 valence electrons. The molecule has 0 aliphatic rings. The molecule has 2 aromatic carbocycles. The molecule has 30 heavy (non-hydrogen) atoms. The normalized spacial score (nSPS) is 10.9. The van der Waals surface area contributed by atoms with E-state index in [-0.39, 0.29) is 5.56 Å². The average Bonchev–Trinajstić information content (AvgIpc) is 2.73. The highest BCUT2D eigenvalue weighted by atomic mass is 32.2. The SMILES string of the molecule is COc1ccc2nc(Nc3nc(CSc4ccc(C)cc4)cc(=O)[nH]3)nc(C)c2c1. The van der Waals surface area contributed by atoms with Gasteiger partial charge in [-0.15, -0.1) is 11.8 Å². The highest BCUT2D eigenvalue weighted by Crippen LogP contribution is 2.24. The number of thioether (sulfide) groups is 1. The number of hydrogen-bond acceptors (Lipinski definition) is 7. The molecule has 8 heteroatoms. The van der Waals surface area contributed by atoms with Gasteiger partial charge in [-0.3, -0.25) is 15.1 Å². The summed E-state index contributed by atoms with van der Waals surface area (Å²) in [6, 6.07) is 15.4. The van der Waals surface area contributed by atoms with Gasteiger partial charge in [0.1, 0.15) is 5.75 Å². The van der Waals surface area contributed by atoms with E-state index >= 15 is 0 Å². The molecule has 0 fully saturated rings. The van der Waals surface area contributed by atoms with Crippen molar-refractivity contribution in [3.8, 4) is 5.75 Å². The third-order valence-electron chi connectivity index (χ3n) is 4.53. The Morgan fingerprint density at radius 1 is 1.03 bits per heavy atom. The molecule has 0 aliphatic carbocycles. The molecule has 0 saturated carbocycles. The largest absolute Gasteiger partial charge is 0.497 e. The molecular weight excluding hydrogens is 398 g/mol. The molecule has 0 atom stereocenters. The molecule has 0 saturated heterocycles. The fraction of sp³-hybridized carbons (Fsp3) is 0.182. The molecule has 4 aromatic rings. The standard InChI is InChI=1S/C22H21N5O2S/c1-13-4-7-17(8-5-13)30-12-15-10-20(28)26-22(24-15)27-21-23-14(2)18-11-16(29-3)6-9-19(18)25-21/h4-11H,12H2,1-3H3,(H2,23,24,25,26,27,28). The molecule has 0 aliphatic heterocycles. The van der Waals surface area contributed by atoms with Crippen molar-refractivity contribution in [2.45, 2.75) is 24.5 Å². The molecule has 0 unspecified atom stereocenters. The van der Waals surface area contributed by atoms with E-state index in [9.17, 15) is 4.79 Å². The smallest absolute Gasteiger partial charge is 0.252 e. The van der Waals surface area contributed by atoms with Crippen LogP contribution in [-0.2, 0) is 5.75 Å². The van der Waals surface area contributed by atoms with Gasteiger partial charge in [-0.05, 0) is 44.2 Å². The number of ether oxygens (including phenoxy) is 1. The second-order valence-corrected chi connectivity index (χ2v) is 7.88. The maximum absolute atomic E-state index is 12.1. The van der Waals surface area contributed by atoms with Crippen molar-refractivity contribution in [3.63, 3.8) is 0 Å². The van der Waals surface area contributed by atoms with Crippen molar-refractivity contribution < 1.29 is 4.74 Å². The third-order valence-corrected chi connectivity index (χ3v) is 5.57. The van der Waals surface area contributed by atoms with Gasteiger partial charge in [0.2, 0.25) is 11.9 Å². The van der Waals surface area contributed by atoms with Crippen LogP contribution >= 0.6 is 11.8 Å². The van der Waals surface area contributed by atoms with Crippen LogP contribution < -0.4 is 15.6 Å². The van der Waals surface area contributed by atoms with Crippen LogP contribution in [0.15, 0.2) is 58.2 Å². The van der Waals surface area contributed by atoms with E-state index in [1.165, 1.54) is 11.6 Å². The lowest BCUT2D eigenvalue weighted by atomic mass is 10.2. The van der Waals surface area contributed by atoms with Crippen molar-refractivity contribution in [3.05, 3.63) is 75.8 Å². The number of fused-ring (bicyclic) bond motifs is 1. The van der Waals surface area contributed by atoms with Gasteiger partial charge in [0, 0.05) is 22.1 Å². The van der Waals surface area contributed by atoms with Crippen molar-refractivity contribution >= 4 is 34.6 Å². The Morgan fingerprint density at radius 3 is 2.60 bits per heavy atom. The highest BCUT2D eigenvalue weighted by molar-refractivity contribution is 7.98. The molecule has 0 radical (unpaired) electrons. The lowest BCUT2D eigenvalue weighted by Crippen LogP contribution is -2.13. The van der Waals surface area contributed by atoms with Crippen LogP contribution in [0.3, 0.4) is 0 Å². The van der Waals surface area contributed by atoms with E-state index < -0.39 is 0 Å². The summed E-state index contributed by atoms with van der Waals surface area (Å²) >= 11 is 1.63. The van der Waals surface area contributed by atoms with E-state index in [0.29, 0.717) is 23.3 Å². The summed E-state index contributed by atoms with van der Waals surface area (Å²) in [6.07, 6.45) is 0. The third kappa shape index (κ3) is 4.60. The maximum atomic E-state index is 12.1. The number of nitrogens with one attached hydrogen (secondary N) is 2. The fourth-order valence-electron chi connectivity index (χ4n) is 2.98. The quantitative estimate of drug-likeness (QED) is 0.448. The number of aromatic nitrogens is 4. The van der Waals surface area contributed by atoms with Crippen molar-refractivity contribution in [2.24, 2.45) is 0 Å². The number of H-pyrrole nitrogens is 1. The van der Waals surface area contributed by atoms with Gasteiger partial charge in [-0.1, -0.05) is 17.7 Å². The van der Waals surface area contributed by atoms with Gasteiger partial charge in [0.15, 0.2) is 0 Å². The maximum Gasteiger partial charge on any atom is 0.252 e. The van der Waals surface area contributed by atoms with Gasteiger partial charge in [0.05, 0.1) is 24.0 Å². The Balaban J connectivity index is 1.55. The van der Waals surface area contributed by atoms with Crippen LogP contribution in [0, 0.1) is 13.8 Å². The van der Waals surface area contributed by atoms with Crippen LogP contribution in [0.25, 0.3) is 10.9 Å². The Hall–Kier alpha value is -3.39. The number of hydrogen-bond donors (Lipinski definition) is 2.